The molecule has 0 bridgehead atoms. The van der Waals surface area contributed by atoms with Crippen molar-refractivity contribution < 1.29 is 0 Å². The maximum atomic E-state index is 3.26. The first-order chi connectivity index (χ1) is 6.40. The fourth-order valence-corrected chi connectivity index (χ4v) is 1.53. The molecule has 2 aromatic rings. The fraction of sp³-hybridized carbons (Fsp3) is 0.273. The second-order valence-corrected chi connectivity index (χ2v) is 3.26. The van der Waals surface area contributed by atoms with E-state index in [1.54, 1.807) is 0 Å². The normalized spacial score (nSPS) is 10.5. The highest BCUT2D eigenvalue weighted by atomic mass is 14.8. The van der Waals surface area contributed by atoms with Crippen molar-refractivity contribution in [2.45, 2.75) is 19.8 Å². The van der Waals surface area contributed by atoms with Crippen LogP contribution >= 0.6 is 0 Å². The molecule has 0 radical (unpaired) electrons. The van der Waals surface area contributed by atoms with E-state index in [-0.39, 0.29) is 0 Å². The summed E-state index contributed by atoms with van der Waals surface area (Å²) in [5.41, 5.74) is 3.71. The summed E-state index contributed by atoms with van der Waals surface area (Å²) in [7, 11) is 0. The molecular formula is C11H14N2. The van der Waals surface area contributed by atoms with Crippen LogP contribution in [0.1, 0.15) is 18.9 Å². The summed E-state index contributed by atoms with van der Waals surface area (Å²) in [5, 5.41) is 0. The Labute approximate surface area is 78.0 Å². The van der Waals surface area contributed by atoms with Crippen molar-refractivity contribution in [3.63, 3.8) is 0 Å². The maximum absolute atomic E-state index is 3.26. The van der Waals surface area contributed by atoms with E-state index in [1.807, 2.05) is 12.3 Å². The van der Waals surface area contributed by atoms with Gasteiger partial charge in [-0.05, 0) is 30.2 Å². The van der Waals surface area contributed by atoms with Gasteiger partial charge in [0, 0.05) is 12.4 Å². The Bertz CT molecular complexity index is 357. The zero-order valence-corrected chi connectivity index (χ0v) is 7.80. The molecular weight excluding hydrogens is 160 g/mol. The lowest BCUT2D eigenvalue weighted by atomic mass is 10.2. The number of aromatic amines is 2. The van der Waals surface area contributed by atoms with Crippen molar-refractivity contribution in [1.82, 2.24) is 9.97 Å². The second kappa shape index (κ2) is 3.52. The lowest BCUT2D eigenvalue weighted by Crippen LogP contribution is -1.76. The third-order valence-corrected chi connectivity index (χ3v) is 2.17. The van der Waals surface area contributed by atoms with Gasteiger partial charge in [0.2, 0.25) is 0 Å². The number of hydrogen-bond acceptors (Lipinski definition) is 0. The molecule has 2 N–H and O–H groups in total. The number of H-pyrrole nitrogens is 2. The minimum Gasteiger partial charge on any atom is -0.360 e. The maximum Gasteiger partial charge on any atom is 0.0622 e. The molecule has 2 nitrogen and oxygen atoms in total. The van der Waals surface area contributed by atoms with E-state index in [1.165, 1.54) is 17.7 Å². The fourth-order valence-electron chi connectivity index (χ4n) is 1.53. The topological polar surface area (TPSA) is 31.6 Å². The van der Waals surface area contributed by atoms with Crippen LogP contribution in [0.2, 0.25) is 0 Å². The summed E-state index contributed by atoms with van der Waals surface area (Å²) in [6.45, 7) is 2.20. The van der Waals surface area contributed by atoms with Gasteiger partial charge >= 0.3 is 0 Å². The lowest BCUT2D eigenvalue weighted by molar-refractivity contribution is 0.923. The van der Waals surface area contributed by atoms with Crippen LogP contribution in [0.15, 0.2) is 30.6 Å². The first-order valence-electron chi connectivity index (χ1n) is 4.71. The van der Waals surface area contributed by atoms with E-state index in [2.05, 4.69) is 35.2 Å². The predicted molar refractivity (Wildman–Crippen MR) is 54.6 cm³/mol. The molecule has 0 aliphatic rings. The SMILES string of the molecule is CCCc1c[nH]c(-c2ccc[nH]2)c1. The van der Waals surface area contributed by atoms with Gasteiger partial charge < -0.3 is 9.97 Å². The molecule has 2 heteroatoms. The van der Waals surface area contributed by atoms with Crippen molar-refractivity contribution in [1.29, 1.82) is 0 Å². The van der Waals surface area contributed by atoms with Gasteiger partial charge in [-0.25, -0.2) is 0 Å². The minimum absolute atomic E-state index is 1.15. The molecule has 2 aromatic heterocycles. The number of aryl methyl sites for hydroxylation is 1. The summed E-state index contributed by atoms with van der Waals surface area (Å²) >= 11 is 0. The zero-order valence-electron chi connectivity index (χ0n) is 7.80. The van der Waals surface area contributed by atoms with E-state index in [9.17, 15) is 0 Å². The highest BCUT2D eigenvalue weighted by Gasteiger charge is 2.00. The molecule has 0 unspecified atom stereocenters. The van der Waals surface area contributed by atoms with Crippen LogP contribution in [0.25, 0.3) is 11.4 Å². The van der Waals surface area contributed by atoms with Crippen LogP contribution in [0.5, 0.6) is 0 Å². The summed E-state index contributed by atoms with van der Waals surface area (Å²) in [4.78, 5) is 6.44. The zero-order chi connectivity index (χ0) is 9.10. The van der Waals surface area contributed by atoms with E-state index in [4.69, 9.17) is 0 Å². The highest BCUT2D eigenvalue weighted by molar-refractivity contribution is 5.55. The van der Waals surface area contributed by atoms with Crippen molar-refractivity contribution in [3.05, 3.63) is 36.2 Å². The van der Waals surface area contributed by atoms with Gasteiger partial charge in [0.25, 0.3) is 0 Å². The monoisotopic (exact) mass is 174 g/mol. The number of hydrogen-bond donors (Lipinski definition) is 2. The second-order valence-electron chi connectivity index (χ2n) is 3.26. The summed E-state index contributed by atoms with van der Waals surface area (Å²) in [6, 6.07) is 6.28. The largest absolute Gasteiger partial charge is 0.360 e. The molecule has 0 aromatic carbocycles. The lowest BCUT2D eigenvalue weighted by Gasteiger charge is -1.90. The van der Waals surface area contributed by atoms with Crippen molar-refractivity contribution >= 4 is 0 Å². The van der Waals surface area contributed by atoms with Gasteiger partial charge in [0.1, 0.15) is 0 Å². The molecule has 0 amide bonds. The van der Waals surface area contributed by atoms with Crippen LogP contribution in [0, 0.1) is 0 Å². The average Bonchev–Trinajstić information content (AvgIpc) is 2.70. The molecule has 0 saturated heterocycles. The predicted octanol–water partition coefficient (Wildman–Crippen LogP) is 2.96. The summed E-state index contributed by atoms with van der Waals surface area (Å²) in [6.07, 6.45) is 6.37. The Morgan fingerprint density at radius 2 is 2.15 bits per heavy atom. The molecule has 0 atom stereocenters. The first kappa shape index (κ1) is 8.17. The molecule has 0 aliphatic carbocycles. The number of rotatable bonds is 3. The molecule has 0 aliphatic heterocycles. The van der Waals surface area contributed by atoms with Gasteiger partial charge in [0.15, 0.2) is 0 Å². The van der Waals surface area contributed by atoms with Crippen LogP contribution in [0.4, 0.5) is 0 Å². The van der Waals surface area contributed by atoms with Crippen LogP contribution in [-0.4, -0.2) is 9.97 Å². The average molecular weight is 174 g/mol. The van der Waals surface area contributed by atoms with Crippen molar-refractivity contribution in [2.75, 3.05) is 0 Å². The molecule has 13 heavy (non-hydrogen) atoms. The van der Waals surface area contributed by atoms with Crippen molar-refractivity contribution in [3.8, 4) is 11.4 Å². The summed E-state index contributed by atoms with van der Waals surface area (Å²) < 4.78 is 0. The molecule has 0 saturated carbocycles. The van der Waals surface area contributed by atoms with Gasteiger partial charge in [-0.15, -0.1) is 0 Å². The minimum atomic E-state index is 1.15. The van der Waals surface area contributed by atoms with E-state index in [0.717, 1.165) is 12.1 Å². The smallest absolute Gasteiger partial charge is 0.0622 e. The van der Waals surface area contributed by atoms with Crippen LogP contribution in [0.3, 0.4) is 0 Å². The molecule has 2 heterocycles. The Morgan fingerprint density at radius 3 is 2.85 bits per heavy atom. The molecule has 2 rings (SSSR count). The van der Waals surface area contributed by atoms with Gasteiger partial charge in [-0.3, -0.25) is 0 Å². The third kappa shape index (κ3) is 1.66. The standard InChI is InChI=1S/C11H14N2/c1-2-4-9-7-11(13-8-9)10-5-3-6-12-10/h3,5-8,12-13H,2,4H2,1H3. The van der Waals surface area contributed by atoms with Crippen LogP contribution < -0.4 is 0 Å². The van der Waals surface area contributed by atoms with E-state index in [0.29, 0.717) is 0 Å². The Morgan fingerprint density at radius 1 is 1.23 bits per heavy atom. The third-order valence-electron chi connectivity index (χ3n) is 2.17. The number of aromatic nitrogens is 2. The molecule has 0 spiro atoms. The van der Waals surface area contributed by atoms with E-state index >= 15 is 0 Å². The van der Waals surface area contributed by atoms with Crippen molar-refractivity contribution in [2.24, 2.45) is 0 Å². The highest BCUT2D eigenvalue weighted by Crippen LogP contribution is 2.17. The Kier molecular flexibility index (Phi) is 2.21. The Hall–Kier alpha value is -1.44. The van der Waals surface area contributed by atoms with Gasteiger partial charge in [-0.2, -0.15) is 0 Å². The molecule has 68 valence electrons. The van der Waals surface area contributed by atoms with Gasteiger partial charge in [0.05, 0.1) is 11.4 Å². The summed E-state index contributed by atoms with van der Waals surface area (Å²) in [5.74, 6) is 0. The quantitative estimate of drug-likeness (QED) is 0.717. The molecule has 0 fully saturated rings. The first-order valence-corrected chi connectivity index (χ1v) is 4.71. The van der Waals surface area contributed by atoms with Crippen LogP contribution in [-0.2, 0) is 6.42 Å². The van der Waals surface area contributed by atoms with Gasteiger partial charge in [-0.1, -0.05) is 13.3 Å². The Balaban J connectivity index is 2.23. The number of nitrogens with one attached hydrogen (secondary N) is 2. The van der Waals surface area contributed by atoms with E-state index < -0.39 is 0 Å².